The van der Waals surface area contributed by atoms with E-state index in [9.17, 15) is 19.2 Å². The summed E-state index contributed by atoms with van der Waals surface area (Å²) in [5.74, 6) is 11.4. The number of carbonyl (C=O) groups is 4. The highest BCUT2D eigenvalue weighted by molar-refractivity contribution is 5.78. The number of nitrogens with zero attached hydrogens (tertiary/aromatic N) is 2. The van der Waals surface area contributed by atoms with Crippen molar-refractivity contribution in [2.45, 2.75) is 246 Å². The molecule has 5 unspecified atom stereocenters. The molecule has 2 saturated heterocycles. The Kier molecular flexibility index (Phi) is 12.6. The van der Waals surface area contributed by atoms with Gasteiger partial charge < -0.3 is 19.3 Å². The van der Waals surface area contributed by atoms with Gasteiger partial charge in [0.1, 0.15) is 12.2 Å². The number of carbonyl (C=O) groups excluding carboxylic acids is 4. The van der Waals surface area contributed by atoms with Crippen LogP contribution in [0, 0.1) is 110 Å². The van der Waals surface area contributed by atoms with Crippen molar-refractivity contribution >= 4 is 23.8 Å². The van der Waals surface area contributed by atoms with Gasteiger partial charge in [0.15, 0.2) is 0 Å². The van der Waals surface area contributed by atoms with Crippen molar-refractivity contribution in [2.75, 3.05) is 14.1 Å². The third kappa shape index (κ3) is 8.09. The Hall–Kier alpha value is -2.12. The first-order chi connectivity index (χ1) is 33.8. The maximum Gasteiger partial charge on any atom is 0.306 e. The topological polar surface area (TPSA) is 93.2 Å². The Morgan fingerprint density at radius 2 is 0.986 bits per heavy atom. The minimum absolute atomic E-state index is 0.0401. The Balaban J connectivity index is 0.000000146. The summed E-state index contributed by atoms with van der Waals surface area (Å²) < 4.78 is 12.6. The number of piperidine rings is 2. The number of amides is 2. The smallest absolute Gasteiger partial charge is 0.306 e. The summed E-state index contributed by atoms with van der Waals surface area (Å²) in [4.78, 5) is 55.4. The molecule has 14 aliphatic rings. The molecule has 2 heterocycles. The van der Waals surface area contributed by atoms with Crippen LogP contribution < -0.4 is 0 Å². The minimum atomic E-state index is 0.0401. The van der Waals surface area contributed by atoms with Gasteiger partial charge in [-0.15, -0.1) is 0 Å². The van der Waals surface area contributed by atoms with Crippen molar-refractivity contribution in [2.24, 2.45) is 110 Å². The first-order valence-electron chi connectivity index (χ1n) is 30.7. The van der Waals surface area contributed by atoms with Gasteiger partial charge in [0.25, 0.3) is 0 Å². The second-order valence-electron chi connectivity index (χ2n) is 30.0. The highest BCUT2D eigenvalue weighted by Crippen LogP contribution is 2.69. The van der Waals surface area contributed by atoms with E-state index in [4.69, 9.17) is 9.47 Å². The number of likely N-dealkylation sites (tertiary alicyclic amines) is 2. The van der Waals surface area contributed by atoms with E-state index in [-0.39, 0.29) is 40.4 Å². The van der Waals surface area contributed by atoms with Crippen LogP contribution in [-0.4, -0.2) is 71.9 Å². The molecule has 14 rings (SSSR count). The fraction of sp³-hybridized carbons (Fsp3) is 0.937. The van der Waals surface area contributed by atoms with E-state index in [2.05, 4.69) is 65.4 Å². The fourth-order valence-electron chi connectivity index (χ4n) is 24.2. The zero-order valence-electron chi connectivity index (χ0n) is 46.0. The van der Waals surface area contributed by atoms with Gasteiger partial charge in [0.2, 0.25) is 11.8 Å². The molecule has 0 aromatic heterocycles. The summed E-state index contributed by atoms with van der Waals surface area (Å²) in [6.45, 7) is 14.5. The van der Waals surface area contributed by atoms with Gasteiger partial charge in [0.05, 0.1) is 6.42 Å². The second kappa shape index (κ2) is 18.0. The second-order valence-corrected chi connectivity index (χ2v) is 30.0. The lowest BCUT2D eigenvalue weighted by Crippen LogP contribution is -2.61. The van der Waals surface area contributed by atoms with Gasteiger partial charge >= 0.3 is 11.9 Å². The molecule has 0 aromatic rings. The summed E-state index contributed by atoms with van der Waals surface area (Å²) in [5, 5.41) is 0. The van der Waals surface area contributed by atoms with Gasteiger partial charge in [0, 0.05) is 57.3 Å². The number of rotatable bonds is 8. The number of esters is 2. The van der Waals surface area contributed by atoms with Crippen molar-refractivity contribution in [3.63, 3.8) is 0 Å². The monoisotopic (exact) mass is 979 g/mol. The van der Waals surface area contributed by atoms with Gasteiger partial charge in [-0.25, -0.2) is 0 Å². The normalized spacial score (nSPS) is 51.7. The van der Waals surface area contributed by atoms with Gasteiger partial charge in [-0.1, -0.05) is 34.1 Å². The van der Waals surface area contributed by atoms with Crippen LogP contribution in [0.25, 0.3) is 0 Å². The summed E-state index contributed by atoms with van der Waals surface area (Å²) in [6.07, 6.45) is 33.6. The number of hydrogen-bond acceptors (Lipinski definition) is 6. The van der Waals surface area contributed by atoms with Crippen LogP contribution in [0.5, 0.6) is 0 Å². The molecule has 8 nitrogen and oxygen atoms in total. The van der Waals surface area contributed by atoms with Crippen molar-refractivity contribution in [3.8, 4) is 0 Å². The van der Waals surface area contributed by atoms with Gasteiger partial charge in [-0.2, -0.15) is 0 Å². The number of hydrogen-bond donors (Lipinski definition) is 0. The third-order valence-corrected chi connectivity index (χ3v) is 27.0. The van der Waals surface area contributed by atoms with Crippen LogP contribution in [-0.2, 0) is 28.7 Å². The lowest BCUT2D eigenvalue weighted by atomic mass is 9.46. The Bertz CT molecular complexity index is 2050. The summed E-state index contributed by atoms with van der Waals surface area (Å²) in [5.41, 5.74) is 1.42. The lowest BCUT2D eigenvalue weighted by Gasteiger charge is -2.62. The summed E-state index contributed by atoms with van der Waals surface area (Å²) >= 11 is 0. The SMILES string of the molecule is CC(OC(=O)CC12CC3CC(CC(C3)C1)C2)[C@H]1CC[C@H]2[C@@H]3CC[C@H]4N(C)C(=O)CC[C@]4(C)[C@H]3CC[C@]12C.CC(OC(=O)CC1CC2CCC1C2)[C@H]1CC[C@H]2[C@@H]3CC[C@H]4N(C)C(=O)CC[C@]4(C)[C@H]3CC[C@]12C. The van der Waals surface area contributed by atoms with Gasteiger partial charge in [-0.05, 0) is 260 Å². The average molecular weight is 979 g/mol. The molecule has 396 valence electrons. The first kappa shape index (κ1) is 49.7. The summed E-state index contributed by atoms with van der Waals surface area (Å²) in [6, 6.07) is 0.864. The van der Waals surface area contributed by atoms with Crippen molar-refractivity contribution in [1.82, 2.24) is 9.80 Å². The Morgan fingerprint density at radius 3 is 1.44 bits per heavy atom. The number of fused-ring (bicyclic) bond motifs is 12. The number of ether oxygens (including phenoxy) is 2. The standard InChI is InChI=1S/C33H51NO3.C30H47NO3/c1-20(37-30(36)19-33-16-21-13-22(17-33)15-23(14-21)18-33)25-6-7-26-24-5-8-28-32(3,12-10-29(35)34(28)4)27(24)9-11-31(25,26)2;1-18(34-28(33)17-21-16-19-5-6-20(21)15-19)23-8-9-24-22-7-10-26-30(3,14-12-27(32)31(26)4)25(22)11-13-29(23,24)2/h20-28H,5-19H2,1-4H3;18-26H,5-17H2,1-4H3/t20?,21?,22?,23?,24-,25+,26-,27-,28+,31+,32+,33?;18?,19?,20?,21?,22-,23+,24-,25-,26+,29+,30+/m00/s1. The molecule has 14 fully saturated rings. The largest absolute Gasteiger partial charge is 0.462 e. The average Bonchev–Trinajstić information content (AvgIpc) is 4.11. The quantitative estimate of drug-likeness (QED) is 0.225. The van der Waals surface area contributed by atoms with E-state index in [1.165, 1.54) is 141 Å². The molecule has 0 radical (unpaired) electrons. The Morgan fingerprint density at radius 1 is 0.521 bits per heavy atom. The Labute approximate surface area is 430 Å². The van der Waals surface area contributed by atoms with Crippen LogP contribution in [0.2, 0.25) is 0 Å². The predicted octanol–water partition coefficient (Wildman–Crippen LogP) is 13.2. The zero-order chi connectivity index (χ0) is 49.6. The van der Waals surface area contributed by atoms with Crippen molar-refractivity contribution in [1.29, 1.82) is 0 Å². The van der Waals surface area contributed by atoms with E-state index in [0.29, 0.717) is 65.3 Å². The highest BCUT2D eigenvalue weighted by atomic mass is 16.5. The van der Waals surface area contributed by atoms with E-state index in [0.717, 1.165) is 90.8 Å². The van der Waals surface area contributed by atoms with E-state index in [1.54, 1.807) is 0 Å². The van der Waals surface area contributed by atoms with Gasteiger partial charge in [-0.3, -0.25) is 19.2 Å². The molecule has 8 heteroatoms. The molecule has 12 aliphatic carbocycles. The predicted molar refractivity (Wildman–Crippen MR) is 277 cm³/mol. The zero-order valence-corrected chi connectivity index (χ0v) is 46.0. The molecule has 12 saturated carbocycles. The highest BCUT2D eigenvalue weighted by Gasteiger charge is 2.64. The first-order valence-corrected chi connectivity index (χ1v) is 30.7. The van der Waals surface area contributed by atoms with E-state index < -0.39 is 0 Å². The lowest BCUT2D eigenvalue weighted by molar-refractivity contribution is -0.168. The van der Waals surface area contributed by atoms with Crippen molar-refractivity contribution in [3.05, 3.63) is 0 Å². The summed E-state index contributed by atoms with van der Waals surface area (Å²) in [7, 11) is 4.11. The molecule has 2 amide bonds. The minimum Gasteiger partial charge on any atom is -0.462 e. The van der Waals surface area contributed by atoms with Crippen LogP contribution in [0.4, 0.5) is 0 Å². The van der Waals surface area contributed by atoms with Crippen LogP contribution in [0.15, 0.2) is 0 Å². The molecule has 19 atom stereocenters. The molecule has 71 heavy (non-hydrogen) atoms. The fourth-order valence-corrected chi connectivity index (χ4v) is 24.2. The van der Waals surface area contributed by atoms with Crippen LogP contribution in [0.3, 0.4) is 0 Å². The van der Waals surface area contributed by atoms with Crippen molar-refractivity contribution < 1.29 is 28.7 Å². The molecule has 2 aliphatic heterocycles. The molecular weight excluding hydrogens is 881 g/mol. The van der Waals surface area contributed by atoms with Crippen LogP contribution >= 0.6 is 0 Å². The molecule has 0 spiro atoms. The maximum atomic E-state index is 13.4. The molecular formula is C63H98N2O6. The third-order valence-electron chi connectivity index (χ3n) is 27.0. The maximum absolute atomic E-state index is 13.4. The van der Waals surface area contributed by atoms with Crippen LogP contribution in [0.1, 0.15) is 221 Å². The molecule has 0 N–H and O–H groups in total. The van der Waals surface area contributed by atoms with E-state index in [1.807, 2.05) is 0 Å². The molecule has 6 bridgehead atoms. The molecule has 0 aromatic carbocycles. The van der Waals surface area contributed by atoms with E-state index >= 15 is 0 Å².